The predicted octanol–water partition coefficient (Wildman–Crippen LogP) is 1.29. The quantitative estimate of drug-likeness (QED) is 0.779. The van der Waals surface area contributed by atoms with Crippen LogP contribution in [0.1, 0.15) is 12.8 Å². The number of hydrogen-bond acceptors (Lipinski definition) is 5. The van der Waals surface area contributed by atoms with Crippen molar-refractivity contribution in [3.8, 4) is 5.75 Å². The number of aliphatic hydroxyl groups excluding tert-OH is 1. The number of halogens is 2. The molecule has 0 spiro atoms. The van der Waals surface area contributed by atoms with E-state index in [0.717, 1.165) is 7.11 Å². The molecule has 1 aliphatic rings. The number of nitrogens with one attached hydrogen (secondary N) is 1. The number of hydrogen-bond donors (Lipinski definition) is 2. The summed E-state index contributed by atoms with van der Waals surface area (Å²) in [6.45, 7) is 0.552. The second kappa shape index (κ2) is 7.29. The third-order valence-electron chi connectivity index (χ3n) is 4.43. The second-order valence-corrected chi connectivity index (χ2v) is 7.96. The van der Waals surface area contributed by atoms with Gasteiger partial charge < -0.3 is 9.84 Å². The number of aromatic nitrogens is 2. The molecule has 7 nitrogen and oxygen atoms in total. The molecule has 1 fully saturated rings. The molecule has 26 heavy (non-hydrogen) atoms. The third-order valence-corrected chi connectivity index (χ3v) is 5.94. The van der Waals surface area contributed by atoms with Crippen molar-refractivity contribution >= 4 is 10.0 Å². The molecule has 0 aliphatic heterocycles. The lowest BCUT2D eigenvalue weighted by Gasteiger charge is -2.18. The molecule has 0 bridgehead atoms. The van der Waals surface area contributed by atoms with Crippen molar-refractivity contribution in [2.75, 3.05) is 7.11 Å². The summed E-state index contributed by atoms with van der Waals surface area (Å²) < 4.78 is 60.9. The SMILES string of the molecule is COc1cc(F)c(F)cc1S(=O)(=O)N[C@@H]1CC(Cn2cccn2)C[C@H]1O. The molecule has 3 rings (SSSR count). The molecular weight excluding hydrogens is 368 g/mol. The maximum atomic E-state index is 13.5. The van der Waals surface area contributed by atoms with Crippen LogP contribution in [0.3, 0.4) is 0 Å². The van der Waals surface area contributed by atoms with Gasteiger partial charge in [0.15, 0.2) is 11.6 Å². The minimum absolute atomic E-state index is 0.0319. The topological polar surface area (TPSA) is 93.5 Å². The van der Waals surface area contributed by atoms with E-state index < -0.39 is 38.7 Å². The number of rotatable bonds is 6. The summed E-state index contributed by atoms with van der Waals surface area (Å²) in [4.78, 5) is -0.512. The highest BCUT2D eigenvalue weighted by Crippen LogP contribution is 2.31. The van der Waals surface area contributed by atoms with Crippen LogP contribution in [0.5, 0.6) is 5.75 Å². The molecule has 142 valence electrons. The summed E-state index contributed by atoms with van der Waals surface area (Å²) in [6.07, 6.45) is 3.34. The highest BCUT2D eigenvalue weighted by atomic mass is 32.2. The second-order valence-electron chi connectivity index (χ2n) is 6.28. The monoisotopic (exact) mass is 387 g/mol. The lowest BCUT2D eigenvalue weighted by atomic mass is 10.1. The summed E-state index contributed by atoms with van der Waals surface area (Å²) in [5.74, 6) is -2.78. The Kier molecular flexibility index (Phi) is 5.26. The fraction of sp³-hybridized carbons (Fsp3) is 0.438. The van der Waals surface area contributed by atoms with Crippen LogP contribution in [-0.2, 0) is 16.6 Å². The van der Waals surface area contributed by atoms with Crippen molar-refractivity contribution in [2.45, 2.75) is 36.4 Å². The molecule has 0 saturated heterocycles. The average Bonchev–Trinajstić information content (AvgIpc) is 3.20. The van der Waals surface area contributed by atoms with Crippen molar-refractivity contribution < 1.29 is 27.0 Å². The zero-order chi connectivity index (χ0) is 18.9. The van der Waals surface area contributed by atoms with E-state index in [1.807, 2.05) is 0 Å². The van der Waals surface area contributed by atoms with Crippen molar-refractivity contribution in [1.82, 2.24) is 14.5 Å². The number of methoxy groups -OCH3 is 1. The van der Waals surface area contributed by atoms with E-state index in [1.165, 1.54) is 0 Å². The molecule has 0 amide bonds. The molecule has 0 radical (unpaired) electrons. The minimum Gasteiger partial charge on any atom is -0.495 e. The van der Waals surface area contributed by atoms with Crippen LogP contribution < -0.4 is 9.46 Å². The molecule has 10 heteroatoms. The van der Waals surface area contributed by atoms with E-state index >= 15 is 0 Å². The standard InChI is InChI=1S/C16H19F2N3O4S/c1-25-15-7-11(17)12(18)8-16(15)26(23,24)20-13-5-10(6-14(13)22)9-21-4-2-3-19-21/h2-4,7-8,10,13-14,20,22H,5-6,9H2,1H3/t10?,13-,14-/m1/s1. The first-order valence-electron chi connectivity index (χ1n) is 8.01. The van der Waals surface area contributed by atoms with Crippen molar-refractivity contribution in [3.63, 3.8) is 0 Å². The maximum Gasteiger partial charge on any atom is 0.244 e. The number of aliphatic hydroxyl groups is 1. The molecule has 1 aliphatic carbocycles. The molecule has 2 aromatic rings. The number of ether oxygens (including phenoxy) is 1. The van der Waals surface area contributed by atoms with E-state index in [4.69, 9.17) is 4.74 Å². The van der Waals surface area contributed by atoms with Gasteiger partial charge >= 0.3 is 0 Å². The van der Waals surface area contributed by atoms with Gasteiger partial charge in [0.25, 0.3) is 0 Å². The summed E-state index contributed by atoms with van der Waals surface area (Å²) in [5, 5.41) is 14.3. The lowest BCUT2D eigenvalue weighted by Crippen LogP contribution is -2.40. The number of benzene rings is 1. The summed E-state index contributed by atoms with van der Waals surface area (Å²) >= 11 is 0. The molecule has 1 saturated carbocycles. The van der Waals surface area contributed by atoms with Crippen LogP contribution >= 0.6 is 0 Å². The molecule has 1 unspecified atom stereocenters. The Bertz CT molecular complexity index is 874. The predicted molar refractivity (Wildman–Crippen MR) is 88.0 cm³/mol. The van der Waals surface area contributed by atoms with Crippen LogP contribution in [0.2, 0.25) is 0 Å². The van der Waals surface area contributed by atoms with E-state index in [1.54, 1.807) is 23.1 Å². The Morgan fingerprint density at radius 3 is 2.73 bits per heavy atom. The summed E-state index contributed by atoms with van der Waals surface area (Å²) in [5.41, 5.74) is 0. The first kappa shape index (κ1) is 18.7. The van der Waals surface area contributed by atoms with E-state index in [0.29, 0.717) is 31.5 Å². The minimum atomic E-state index is -4.21. The molecule has 2 N–H and O–H groups in total. The Balaban J connectivity index is 1.76. The van der Waals surface area contributed by atoms with Crippen molar-refractivity contribution in [2.24, 2.45) is 5.92 Å². The van der Waals surface area contributed by atoms with E-state index in [9.17, 15) is 22.3 Å². The van der Waals surface area contributed by atoms with E-state index in [2.05, 4.69) is 9.82 Å². The highest BCUT2D eigenvalue weighted by molar-refractivity contribution is 7.89. The molecule has 3 atom stereocenters. The first-order valence-corrected chi connectivity index (χ1v) is 9.49. The Morgan fingerprint density at radius 2 is 2.08 bits per heavy atom. The van der Waals surface area contributed by atoms with Gasteiger partial charge in [0.2, 0.25) is 10.0 Å². The largest absolute Gasteiger partial charge is 0.495 e. The Labute approximate surface area is 149 Å². The molecule has 1 heterocycles. The molecule has 1 aromatic carbocycles. The van der Waals surface area contributed by atoms with Gasteiger partial charge in [-0.1, -0.05) is 0 Å². The summed E-state index contributed by atoms with van der Waals surface area (Å²) in [6, 6.07) is 2.29. The zero-order valence-electron chi connectivity index (χ0n) is 14.0. The van der Waals surface area contributed by atoms with Gasteiger partial charge in [0.1, 0.15) is 10.6 Å². The number of nitrogens with zero attached hydrogens (tertiary/aromatic N) is 2. The third kappa shape index (κ3) is 3.87. The van der Waals surface area contributed by atoms with Crippen molar-refractivity contribution in [3.05, 3.63) is 42.2 Å². The van der Waals surface area contributed by atoms with Crippen LogP contribution in [-0.4, -0.2) is 42.6 Å². The zero-order valence-corrected chi connectivity index (χ0v) is 14.8. The van der Waals surface area contributed by atoms with Gasteiger partial charge in [-0.2, -0.15) is 5.10 Å². The Morgan fingerprint density at radius 1 is 1.35 bits per heavy atom. The number of sulfonamides is 1. The average molecular weight is 387 g/mol. The van der Waals surface area contributed by atoms with Crippen LogP contribution in [0, 0.1) is 17.6 Å². The van der Waals surface area contributed by atoms with Gasteiger partial charge in [-0.25, -0.2) is 21.9 Å². The van der Waals surface area contributed by atoms with Crippen molar-refractivity contribution in [1.29, 1.82) is 0 Å². The van der Waals surface area contributed by atoms with Crippen LogP contribution in [0.25, 0.3) is 0 Å². The highest BCUT2D eigenvalue weighted by Gasteiger charge is 2.37. The first-order chi connectivity index (χ1) is 12.3. The lowest BCUT2D eigenvalue weighted by molar-refractivity contribution is 0.154. The van der Waals surface area contributed by atoms with Crippen LogP contribution in [0.4, 0.5) is 8.78 Å². The summed E-state index contributed by atoms with van der Waals surface area (Å²) in [7, 11) is -3.05. The molecular formula is C16H19F2N3O4S. The van der Waals surface area contributed by atoms with Gasteiger partial charge in [-0.3, -0.25) is 4.68 Å². The van der Waals surface area contributed by atoms with Gasteiger partial charge in [-0.15, -0.1) is 0 Å². The fourth-order valence-corrected chi connectivity index (χ4v) is 4.65. The van der Waals surface area contributed by atoms with Gasteiger partial charge in [0, 0.05) is 37.1 Å². The normalized spacial score (nSPS) is 23.3. The van der Waals surface area contributed by atoms with E-state index in [-0.39, 0.29) is 11.7 Å². The Hall–Kier alpha value is -2.04. The maximum absolute atomic E-state index is 13.5. The molecule has 1 aromatic heterocycles. The van der Waals surface area contributed by atoms with Gasteiger partial charge in [-0.05, 0) is 24.8 Å². The fourth-order valence-electron chi connectivity index (χ4n) is 3.21. The smallest absolute Gasteiger partial charge is 0.244 e. The van der Waals surface area contributed by atoms with Gasteiger partial charge in [0.05, 0.1) is 13.2 Å². The van der Waals surface area contributed by atoms with Crippen LogP contribution in [0.15, 0.2) is 35.5 Å².